The Morgan fingerprint density at radius 1 is 1.70 bits per heavy atom. The first-order chi connectivity index (χ1) is 4.55. The van der Waals surface area contributed by atoms with Crippen LogP contribution in [-0.2, 0) is 9.53 Å². The van der Waals surface area contributed by atoms with Crippen LogP contribution in [0, 0.1) is 0 Å². The van der Waals surface area contributed by atoms with Crippen molar-refractivity contribution in [2.24, 2.45) is 0 Å². The summed E-state index contributed by atoms with van der Waals surface area (Å²) in [7, 11) is 1.41. The third-order valence-corrected chi connectivity index (χ3v) is 1.77. The van der Waals surface area contributed by atoms with Crippen molar-refractivity contribution in [1.82, 2.24) is 5.32 Å². The van der Waals surface area contributed by atoms with E-state index in [1.165, 1.54) is 7.11 Å². The van der Waals surface area contributed by atoms with Crippen molar-refractivity contribution in [3.63, 3.8) is 0 Å². The van der Waals surface area contributed by atoms with E-state index in [4.69, 9.17) is 0 Å². The quantitative estimate of drug-likeness (QED) is 0.536. The molecule has 0 bridgehead atoms. The number of hydrogen-bond donors (Lipinski definition) is 1. The molecule has 0 saturated carbocycles. The van der Waals surface area contributed by atoms with E-state index in [1.54, 1.807) is 0 Å². The van der Waals surface area contributed by atoms with Crippen LogP contribution in [0.1, 0.15) is 20.3 Å². The van der Waals surface area contributed by atoms with Gasteiger partial charge in [-0.2, -0.15) is 0 Å². The molecule has 0 aliphatic carbocycles. The molecule has 1 saturated heterocycles. The van der Waals surface area contributed by atoms with Gasteiger partial charge in [0.25, 0.3) is 0 Å². The molecule has 1 aliphatic rings. The molecule has 1 N–H and O–H groups in total. The van der Waals surface area contributed by atoms with E-state index in [0.717, 1.165) is 6.42 Å². The molecule has 10 heavy (non-hydrogen) atoms. The molecular weight excluding hydrogens is 130 g/mol. The predicted octanol–water partition coefficient (Wildman–Crippen LogP) is 0.300. The number of ether oxygens (including phenoxy) is 1. The van der Waals surface area contributed by atoms with Gasteiger partial charge >= 0.3 is 5.97 Å². The lowest BCUT2D eigenvalue weighted by Crippen LogP contribution is -2.63. The van der Waals surface area contributed by atoms with Crippen LogP contribution >= 0.6 is 0 Å². The van der Waals surface area contributed by atoms with Crippen LogP contribution in [-0.4, -0.2) is 24.7 Å². The van der Waals surface area contributed by atoms with Crippen molar-refractivity contribution in [2.45, 2.75) is 31.8 Å². The van der Waals surface area contributed by atoms with Gasteiger partial charge in [-0.05, 0) is 20.3 Å². The Hall–Kier alpha value is -0.570. The minimum absolute atomic E-state index is 0.0694. The second kappa shape index (κ2) is 2.23. The highest BCUT2D eigenvalue weighted by molar-refractivity contribution is 5.77. The Balaban J connectivity index is 2.33. The Morgan fingerprint density at radius 3 is 2.50 bits per heavy atom. The zero-order valence-electron chi connectivity index (χ0n) is 6.60. The van der Waals surface area contributed by atoms with E-state index >= 15 is 0 Å². The number of hydrogen-bond acceptors (Lipinski definition) is 3. The molecule has 3 nitrogen and oxygen atoms in total. The fraction of sp³-hybridized carbons (Fsp3) is 0.857. The standard InChI is InChI=1S/C7H13NO2/c1-7(2)4-5(8-7)6(9)10-3/h5,8H,4H2,1-3H3. The van der Waals surface area contributed by atoms with Gasteiger partial charge < -0.3 is 4.74 Å². The van der Waals surface area contributed by atoms with Gasteiger partial charge in [-0.25, -0.2) is 0 Å². The lowest BCUT2D eigenvalue weighted by Gasteiger charge is -2.42. The van der Waals surface area contributed by atoms with Crippen LogP contribution in [0.3, 0.4) is 0 Å². The van der Waals surface area contributed by atoms with Crippen LogP contribution < -0.4 is 5.32 Å². The van der Waals surface area contributed by atoms with Crippen molar-refractivity contribution < 1.29 is 9.53 Å². The van der Waals surface area contributed by atoms with Crippen molar-refractivity contribution in [3.05, 3.63) is 0 Å². The molecule has 1 heterocycles. The van der Waals surface area contributed by atoms with Gasteiger partial charge in [-0.15, -0.1) is 0 Å². The first-order valence-corrected chi connectivity index (χ1v) is 3.41. The lowest BCUT2D eigenvalue weighted by molar-refractivity contribution is -0.147. The zero-order chi connectivity index (χ0) is 7.78. The highest BCUT2D eigenvalue weighted by Crippen LogP contribution is 2.23. The largest absolute Gasteiger partial charge is 0.468 e. The molecule has 0 aromatic heterocycles. The van der Waals surface area contributed by atoms with Crippen molar-refractivity contribution >= 4 is 5.97 Å². The highest BCUT2D eigenvalue weighted by atomic mass is 16.5. The fourth-order valence-corrected chi connectivity index (χ4v) is 1.25. The van der Waals surface area contributed by atoms with Gasteiger partial charge in [0.1, 0.15) is 6.04 Å². The molecule has 1 atom stereocenters. The second-order valence-corrected chi connectivity index (χ2v) is 3.31. The van der Waals surface area contributed by atoms with Gasteiger partial charge in [0.05, 0.1) is 7.11 Å². The second-order valence-electron chi connectivity index (χ2n) is 3.31. The first-order valence-electron chi connectivity index (χ1n) is 3.41. The molecule has 3 heteroatoms. The molecule has 0 radical (unpaired) electrons. The Labute approximate surface area is 60.7 Å². The molecule has 0 spiro atoms. The molecule has 0 aromatic rings. The lowest BCUT2D eigenvalue weighted by atomic mass is 9.85. The average molecular weight is 143 g/mol. The molecule has 1 fully saturated rings. The van der Waals surface area contributed by atoms with E-state index in [9.17, 15) is 4.79 Å². The number of methoxy groups -OCH3 is 1. The first kappa shape index (κ1) is 7.54. The maximum atomic E-state index is 10.8. The number of carbonyl (C=O) groups is 1. The molecule has 1 unspecified atom stereocenters. The topological polar surface area (TPSA) is 38.3 Å². The van der Waals surface area contributed by atoms with Crippen molar-refractivity contribution in [3.8, 4) is 0 Å². The van der Waals surface area contributed by atoms with Crippen molar-refractivity contribution in [2.75, 3.05) is 7.11 Å². The average Bonchev–Trinajstić information content (AvgIpc) is 1.81. The fourth-order valence-electron chi connectivity index (χ4n) is 1.25. The summed E-state index contributed by atoms with van der Waals surface area (Å²) in [4.78, 5) is 10.8. The highest BCUT2D eigenvalue weighted by Gasteiger charge is 2.39. The van der Waals surface area contributed by atoms with Crippen molar-refractivity contribution in [1.29, 1.82) is 0 Å². The summed E-state index contributed by atoms with van der Waals surface area (Å²) in [5.74, 6) is -0.153. The number of esters is 1. The summed E-state index contributed by atoms with van der Waals surface area (Å²) in [6.07, 6.45) is 0.875. The maximum Gasteiger partial charge on any atom is 0.322 e. The molecule has 58 valence electrons. The Bertz CT molecular complexity index is 146. The minimum Gasteiger partial charge on any atom is -0.468 e. The summed E-state index contributed by atoms with van der Waals surface area (Å²) in [5, 5.41) is 3.10. The van der Waals surface area contributed by atoms with E-state index < -0.39 is 0 Å². The number of nitrogens with one attached hydrogen (secondary N) is 1. The third kappa shape index (κ3) is 1.29. The van der Waals surface area contributed by atoms with Crippen LogP contribution in [0.25, 0.3) is 0 Å². The third-order valence-electron chi connectivity index (χ3n) is 1.77. The van der Waals surface area contributed by atoms with Gasteiger partial charge in [0, 0.05) is 5.54 Å². The van der Waals surface area contributed by atoms with Gasteiger partial charge in [-0.1, -0.05) is 0 Å². The van der Waals surface area contributed by atoms with E-state index in [2.05, 4.69) is 23.9 Å². The smallest absolute Gasteiger partial charge is 0.322 e. The van der Waals surface area contributed by atoms with Gasteiger partial charge in [-0.3, -0.25) is 10.1 Å². The summed E-state index contributed by atoms with van der Waals surface area (Å²) < 4.78 is 4.55. The van der Waals surface area contributed by atoms with Crippen LogP contribution in [0.4, 0.5) is 0 Å². The van der Waals surface area contributed by atoms with Gasteiger partial charge in [0.2, 0.25) is 0 Å². The minimum atomic E-state index is -0.153. The number of carbonyl (C=O) groups excluding carboxylic acids is 1. The summed E-state index contributed by atoms with van der Waals surface area (Å²) in [6, 6.07) is -0.0694. The summed E-state index contributed by atoms with van der Waals surface area (Å²) >= 11 is 0. The number of rotatable bonds is 1. The molecule has 1 rings (SSSR count). The molecular formula is C7H13NO2. The SMILES string of the molecule is COC(=O)C1CC(C)(C)N1. The zero-order valence-corrected chi connectivity index (χ0v) is 6.60. The Morgan fingerprint density at radius 2 is 2.20 bits per heavy atom. The van der Waals surface area contributed by atoms with Crippen LogP contribution in [0.15, 0.2) is 0 Å². The summed E-state index contributed by atoms with van der Waals surface area (Å²) in [6.45, 7) is 4.12. The van der Waals surface area contributed by atoms with E-state index in [-0.39, 0.29) is 17.6 Å². The molecule has 0 amide bonds. The molecule has 1 aliphatic heterocycles. The van der Waals surface area contributed by atoms with E-state index in [1.807, 2.05) is 0 Å². The Kier molecular flexibility index (Phi) is 1.68. The maximum absolute atomic E-state index is 10.8. The van der Waals surface area contributed by atoms with E-state index in [0.29, 0.717) is 0 Å². The van der Waals surface area contributed by atoms with Crippen LogP contribution in [0.2, 0.25) is 0 Å². The summed E-state index contributed by atoms with van der Waals surface area (Å²) in [5.41, 5.74) is 0.124. The van der Waals surface area contributed by atoms with Crippen LogP contribution in [0.5, 0.6) is 0 Å². The monoisotopic (exact) mass is 143 g/mol. The normalized spacial score (nSPS) is 28.9. The van der Waals surface area contributed by atoms with Gasteiger partial charge in [0.15, 0.2) is 0 Å². The molecule has 0 aromatic carbocycles. The predicted molar refractivity (Wildman–Crippen MR) is 37.6 cm³/mol.